The monoisotopic (exact) mass is 258 g/mol. The Morgan fingerprint density at radius 2 is 2.29 bits per heavy atom. The third-order valence-corrected chi connectivity index (χ3v) is 3.15. The van der Waals surface area contributed by atoms with Gasteiger partial charge in [0.25, 0.3) is 0 Å². The quantitative estimate of drug-likeness (QED) is 0.901. The highest BCUT2D eigenvalue weighted by molar-refractivity contribution is 9.10. The second-order valence-corrected chi connectivity index (χ2v) is 4.29. The summed E-state index contributed by atoms with van der Waals surface area (Å²) in [5.74, 6) is 0.882. The van der Waals surface area contributed by atoms with Gasteiger partial charge >= 0.3 is 0 Å². The number of aryl methyl sites for hydroxylation is 1. The van der Waals surface area contributed by atoms with Crippen LogP contribution in [0.1, 0.15) is 12.5 Å². The Morgan fingerprint density at radius 1 is 1.64 bits per heavy atom. The number of aromatic nitrogens is 1. The molecule has 0 aliphatic carbocycles. The zero-order valence-corrected chi connectivity index (χ0v) is 10.2. The molecule has 0 aliphatic rings. The number of hydrogen-bond acceptors (Lipinski definition) is 3. The molecule has 0 amide bonds. The average Bonchev–Trinajstić information content (AvgIpc) is 2.20. The second kappa shape index (κ2) is 4.75. The van der Waals surface area contributed by atoms with Crippen LogP contribution in [0.2, 0.25) is 0 Å². The van der Waals surface area contributed by atoms with E-state index < -0.39 is 0 Å². The van der Waals surface area contributed by atoms with Gasteiger partial charge in [-0.1, -0.05) is 0 Å². The van der Waals surface area contributed by atoms with Gasteiger partial charge in [-0.15, -0.1) is 0 Å². The molecule has 1 aromatic heterocycles. The van der Waals surface area contributed by atoms with Gasteiger partial charge in [-0.3, -0.25) is 0 Å². The van der Waals surface area contributed by atoms with Crippen LogP contribution in [0.15, 0.2) is 16.7 Å². The maximum atomic E-state index is 9.01. The summed E-state index contributed by atoms with van der Waals surface area (Å²) in [4.78, 5) is 6.23. The molecule has 1 unspecified atom stereocenters. The number of pyridine rings is 1. The molecule has 0 spiro atoms. The topological polar surface area (TPSA) is 36.4 Å². The fourth-order valence-corrected chi connectivity index (χ4v) is 1.28. The molecule has 1 atom stereocenters. The van der Waals surface area contributed by atoms with Crippen molar-refractivity contribution in [3.05, 3.63) is 22.3 Å². The molecule has 0 fully saturated rings. The molecule has 1 aromatic rings. The molecule has 3 nitrogen and oxygen atoms in total. The average molecular weight is 259 g/mol. The first-order valence-corrected chi connectivity index (χ1v) is 5.31. The Morgan fingerprint density at radius 3 is 2.79 bits per heavy atom. The minimum atomic E-state index is 0.0862. The Balaban J connectivity index is 2.91. The van der Waals surface area contributed by atoms with E-state index in [-0.39, 0.29) is 12.6 Å². The van der Waals surface area contributed by atoms with E-state index in [1.165, 1.54) is 0 Å². The van der Waals surface area contributed by atoms with E-state index in [4.69, 9.17) is 5.11 Å². The highest BCUT2D eigenvalue weighted by Crippen LogP contribution is 2.20. The molecule has 0 aliphatic heterocycles. The first-order valence-electron chi connectivity index (χ1n) is 4.52. The first-order chi connectivity index (χ1) is 6.56. The van der Waals surface area contributed by atoms with Crippen molar-refractivity contribution in [1.82, 2.24) is 4.98 Å². The number of aliphatic hydroxyl groups excluding tert-OH is 1. The fourth-order valence-electron chi connectivity index (χ4n) is 1.07. The molecule has 0 saturated heterocycles. The van der Waals surface area contributed by atoms with Crippen molar-refractivity contribution < 1.29 is 5.11 Å². The number of rotatable bonds is 3. The van der Waals surface area contributed by atoms with Crippen LogP contribution in [-0.2, 0) is 0 Å². The molecular weight excluding hydrogens is 244 g/mol. The van der Waals surface area contributed by atoms with E-state index in [0.717, 1.165) is 15.9 Å². The molecule has 1 N–H and O–H groups in total. The van der Waals surface area contributed by atoms with E-state index >= 15 is 0 Å². The standard InChI is InChI=1S/C10H15BrN2O/c1-7-4-10(12-5-9(7)11)13(3)8(2)6-14/h4-5,8,14H,6H2,1-3H3. The predicted molar refractivity (Wildman–Crippen MR) is 61.6 cm³/mol. The number of halogens is 1. The zero-order chi connectivity index (χ0) is 10.7. The van der Waals surface area contributed by atoms with Gasteiger partial charge in [0, 0.05) is 17.7 Å². The maximum Gasteiger partial charge on any atom is 0.128 e. The Labute approximate surface area is 92.9 Å². The summed E-state index contributed by atoms with van der Waals surface area (Å²) in [6.45, 7) is 4.11. The molecular formula is C10H15BrN2O. The number of aliphatic hydroxyl groups is 1. The summed E-state index contributed by atoms with van der Waals surface area (Å²) in [6.07, 6.45) is 1.78. The SMILES string of the molecule is Cc1cc(N(C)C(C)CO)ncc1Br. The number of likely N-dealkylation sites (N-methyl/N-ethyl adjacent to an activating group) is 1. The van der Waals surface area contributed by atoms with Crippen LogP contribution in [0, 0.1) is 6.92 Å². The van der Waals surface area contributed by atoms with E-state index in [9.17, 15) is 0 Å². The molecule has 0 aromatic carbocycles. The van der Waals surface area contributed by atoms with Gasteiger partial charge in [0.15, 0.2) is 0 Å². The summed E-state index contributed by atoms with van der Waals surface area (Å²) in [5, 5.41) is 9.01. The van der Waals surface area contributed by atoms with Gasteiger partial charge < -0.3 is 10.0 Å². The van der Waals surface area contributed by atoms with Crippen molar-refractivity contribution in [3.8, 4) is 0 Å². The number of nitrogens with zero attached hydrogens (tertiary/aromatic N) is 2. The van der Waals surface area contributed by atoms with Crippen molar-refractivity contribution >= 4 is 21.7 Å². The zero-order valence-electron chi connectivity index (χ0n) is 8.66. The van der Waals surface area contributed by atoms with Crippen LogP contribution >= 0.6 is 15.9 Å². The van der Waals surface area contributed by atoms with Gasteiger partial charge in [-0.25, -0.2) is 4.98 Å². The lowest BCUT2D eigenvalue weighted by molar-refractivity contribution is 0.270. The smallest absolute Gasteiger partial charge is 0.128 e. The van der Waals surface area contributed by atoms with E-state index in [2.05, 4.69) is 20.9 Å². The lowest BCUT2D eigenvalue weighted by Crippen LogP contribution is -2.32. The Kier molecular flexibility index (Phi) is 3.89. The largest absolute Gasteiger partial charge is 0.394 e. The lowest BCUT2D eigenvalue weighted by atomic mass is 10.2. The Hall–Kier alpha value is -0.610. The molecule has 14 heavy (non-hydrogen) atoms. The van der Waals surface area contributed by atoms with E-state index in [1.807, 2.05) is 31.9 Å². The number of hydrogen-bond donors (Lipinski definition) is 1. The summed E-state index contributed by atoms with van der Waals surface area (Å²) >= 11 is 3.40. The summed E-state index contributed by atoms with van der Waals surface area (Å²) in [7, 11) is 1.93. The van der Waals surface area contributed by atoms with Crippen LogP contribution in [0.4, 0.5) is 5.82 Å². The normalized spacial score (nSPS) is 12.6. The van der Waals surface area contributed by atoms with Crippen molar-refractivity contribution in [1.29, 1.82) is 0 Å². The molecule has 1 heterocycles. The van der Waals surface area contributed by atoms with Gasteiger partial charge in [0.05, 0.1) is 12.6 Å². The molecule has 4 heteroatoms. The minimum absolute atomic E-state index is 0.0862. The highest BCUT2D eigenvalue weighted by Gasteiger charge is 2.10. The van der Waals surface area contributed by atoms with Crippen LogP contribution in [0.3, 0.4) is 0 Å². The van der Waals surface area contributed by atoms with Crippen molar-refractivity contribution in [3.63, 3.8) is 0 Å². The third kappa shape index (κ3) is 2.45. The van der Waals surface area contributed by atoms with Crippen LogP contribution in [0.25, 0.3) is 0 Å². The van der Waals surface area contributed by atoms with Crippen molar-refractivity contribution in [2.45, 2.75) is 19.9 Å². The van der Waals surface area contributed by atoms with Crippen LogP contribution in [0.5, 0.6) is 0 Å². The van der Waals surface area contributed by atoms with E-state index in [0.29, 0.717) is 0 Å². The van der Waals surface area contributed by atoms with E-state index in [1.54, 1.807) is 6.20 Å². The molecule has 0 bridgehead atoms. The molecule has 0 radical (unpaired) electrons. The van der Waals surface area contributed by atoms with Gasteiger partial charge in [-0.2, -0.15) is 0 Å². The predicted octanol–water partition coefficient (Wildman–Crippen LogP) is 1.97. The van der Waals surface area contributed by atoms with Crippen molar-refractivity contribution in [2.75, 3.05) is 18.6 Å². The minimum Gasteiger partial charge on any atom is -0.394 e. The number of anilines is 1. The van der Waals surface area contributed by atoms with Crippen LogP contribution < -0.4 is 4.90 Å². The highest BCUT2D eigenvalue weighted by atomic mass is 79.9. The summed E-state index contributed by atoms with van der Waals surface area (Å²) < 4.78 is 1.01. The lowest BCUT2D eigenvalue weighted by Gasteiger charge is -2.24. The van der Waals surface area contributed by atoms with Crippen LogP contribution in [-0.4, -0.2) is 29.8 Å². The first kappa shape index (κ1) is 11.5. The van der Waals surface area contributed by atoms with Gasteiger partial charge in [-0.05, 0) is 41.4 Å². The molecule has 0 saturated carbocycles. The summed E-state index contributed by atoms with van der Waals surface area (Å²) in [5.41, 5.74) is 1.15. The summed E-state index contributed by atoms with van der Waals surface area (Å²) in [6, 6.07) is 2.08. The fraction of sp³-hybridized carbons (Fsp3) is 0.500. The van der Waals surface area contributed by atoms with Gasteiger partial charge in [0.1, 0.15) is 5.82 Å². The molecule has 78 valence electrons. The maximum absolute atomic E-state index is 9.01. The van der Waals surface area contributed by atoms with Gasteiger partial charge in [0.2, 0.25) is 0 Å². The second-order valence-electron chi connectivity index (χ2n) is 3.43. The third-order valence-electron chi connectivity index (χ3n) is 2.32. The Bertz CT molecular complexity index is 317. The van der Waals surface area contributed by atoms with Crippen molar-refractivity contribution in [2.24, 2.45) is 0 Å². The molecule has 1 rings (SSSR count).